The zero-order chi connectivity index (χ0) is 19.1. The maximum absolute atomic E-state index is 12.9. The van der Waals surface area contributed by atoms with E-state index < -0.39 is 17.5 Å². The molecular weight excluding hydrogens is 343 g/mol. The van der Waals surface area contributed by atoms with Gasteiger partial charge in [0.1, 0.15) is 11.4 Å². The number of aromatic nitrogens is 2. The zero-order valence-corrected chi connectivity index (χ0v) is 14.7. The number of nitrogens with one attached hydrogen (secondary N) is 1. The third-order valence-electron chi connectivity index (χ3n) is 4.07. The van der Waals surface area contributed by atoms with E-state index in [0.29, 0.717) is 22.5 Å². The van der Waals surface area contributed by atoms with Crippen molar-refractivity contribution in [1.29, 1.82) is 0 Å². The highest BCUT2D eigenvalue weighted by Crippen LogP contribution is 2.32. The molecule has 0 aliphatic heterocycles. The minimum atomic E-state index is -4.40. The summed E-state index contributed by atoms with van der Waals surface area (Å²) in [5, 5.41) is 13.7. The highest BCUT2D eigenvalue weighted by molar-refractivity contribution is 5.63. The summed E-state index contributed by atoms with van der Waals surface area (Å²) >= 11 is 0. The Hall–Kier alpha value is -2.38. The molecule has 7 heteroatoms. The van der Waals surface area contributed by atoms with Crippen LogP contribution in [0, 0.1) is 0 Å². The van der Waals surface area contributed by atoms with E-state index in [0.717, 1.165) is 12.1 Å². The van der Waals surface area contributed by atoms with Crippen molar-refractivity contribution in [2.24, 2.45) is 0 Å². The van der Waals surface area contributed by atoms with Crippen LogP contribution in [0.25, 0.3) is 16.9 Å². The summed E-state index contributed by atoms with van der Waals surface area (Å²) in [5.41, 5.74) is 0.0927. The molecule has 0 saturated carbocycles. The Balaban J connectivity index is 0.00000261. The first-order valence-electron chi connectivity index (χ1n) is 8.23. The number of rotatable bonds is 4. The molecule has 0 aliphatic rings. The SMILES string of the molecule is CC(C)NC(C)(O)c1ccc2nc(-c3cccc(C(F)(F)F)c3)cn2c1.[HH]. The van der Waals surface area contributed by atoms with Crippen molar-refractivity contribution >= 4 is 5.65 Å². The number of benzene rings is 1. The van der Waals surface area contributed by atoms with Gasteiger partial charge in [0, 0.05) is 31.0 Å². The highest BCUT2D eigenvalue weighted by atomic mass is 19.4. The molecule has 2 N–H and O–H groups in total. The predicted octanol–water partition coefficient (Wildman–Crippen LogP) is 4.43. The van der Waals surface area contributed by atoms with Gasteiger partial charge in [0.2, 0.25) is 0 Å². The second kappa shape index (κ2) is 6.41. The van der Waals surface area contributed by atoms with Crippen molar-refractivity contribution in [3.63, 3.8) is 0 Å². The summed E-state index contributed by atoms with van der Waals surface area (Å²) in [5.74, 6) is 0. The molecule has 4 nitrogen and oxygen atoms in total. The Morgan fingerprint density at radius 2 is 1.85 bits per heavy atom. The van der Waals surface area contributed by atoms with Crippen LogP contribution in [-0.4, -0.2) is 20.5 Å². The van der Waals surface area contributed by atoms with Crippen LogP contribution in [0.1, 0.15) is 33.3 Å². The van der Waals surface area contributed by atoms with E-state index in [1.807, 2.05) is 13.8 Å². The van der Waals surface area contributed by atoms with Crippen LogP contribution in [0.5, 0.6) is 0 Å². The number of imidazole rings is 1. The maximum Gasteiger partial charge on any atom is 0.416 e. The van der Waals surface area contributed by atoms with E-state index in [9.17, 15) is 18.3 Å². The Morgan fingerprint density at radius 1 is 1.12 bits per heavy atom. The molecule has 0 amide bonds. The molecule has 0 radical (unpaired) electrons. The standard InChI is InChI=1S/C19H20F3N3O.H2/c1-12(2)24-18(3,26)15-7-8-17-23-16(11-25(17)10-15)13-5-4-6-14(9-13)19(20,21)22;/h4-12,24,26H,1-3H3;1H. The Kier molecular flexibility index (Phi) is 4.54. The Labute approximate surface area is 150 Å². The topological polar surface area (TPSA) is 49.6 Å². The monoisotopic (exact) mass is 365 g/mol. The molecular formula is C19H22F3N3O. The van der Waals surface area contributed by atoms with Gasteiger partial charge in [-0.2, -0.15) is 13.2 Å². The average Bonchev–Trinajstić information content (AvgIpc) is 2.96. The molecule has 1 unspecified atom stereocenters. The molecule has 3 rings (SSSR count). The van der Waals surface area contributed by atoms with Crippen molar-refractivity contribution in [2.75, 3.05) is 0 Å². The van der Waals surface area contributed by atoms with Gasteiger partial charge < -0.3 is 9.51 Å². The molecule has 3 aromatic rings. The fourth-order valence-electron chi connectivity index (χ4n) is 2.92. The van der Waals surface area contributed by atoms with Gasteiger partial charge in [0.15, 0.2) is 0 Å². The van der Waals surface area contributed by atoms with Crippen LogP contribution in [-0.2, 0) is 11.9 Å². The number of alkyl halides is 3. The molecule has 140 valence electrons. The van der Waals surface area contributed by atoms with E-state index in [-0.39, 0.29) is 7.47 Å². The van der Waals surface area contributed by atoms with Gasteiger partial charge in [-0.05, 0) is 45.0 Å². The average molecular weight is 365 g/mol. The third-order valence-corrected chi connectivity index (χ3v) is 4.07. The zero-order valence-electron chi connectivity index (χ0n) is 14.7. The normalized spacial score (nSPS) is 14.8. The summed E-state index contributed by atoms with van der Waals surface area (Å²) in [6, 6.07) is 8.62. The van der Waals surface area contributed by atoms with Crippen LogP contribution in [0.2, 0.25) is 0 Å². The molecule has 26 heavy (non-hydrogen) atoms. The summed E-state index contributed by atoms with van der Waals surface area (Å²) < 4.78 is 40.4. The number of fused-ring (bicyclic) bond motifs is 1. The lowest BCUT2D eigenvalue weighted by Crippen LogP contribution is -2.43. The van der Waals surface area contributed by atoms with Gasteiger partial charge in [-0.15, -0.1) is 0 Å². The van der Waals surface area contributed by atoms with Crippen LogP contribution < -0.4 is 5.32 Å². The smallest absolute Gasteiger partial charge is 0.372 e. The number of hydrogen-bond donors (Lipinski definition) is 2. The molecule has 1 aromatic carbocycles. The van der Waals surface area contributed by atoms with Crippen molar-refractivity contribution in [1.82, 2.24) is 14.7 Å². The molecule has 0 spiro atoms. The quantitative estimate of drug-likeness (QED) is 0.673. The summed E-state index contributed by atoms with van der Waals surface area (Å²) in [6.07, 6.45) is -1.03. The molecule has 0 bridgehead atoms. The van der Waals surface area contributed by atoms with Gasteiger partial charge >= 0.3 is 6.18 Å². The van der Waals surface area contributed by atoms with Crippen molar-refractivity contribution in [3.8, 4) is 11.3 Å². The van der Waals surface area contributed by atoms with Crippen molar-refractivity contribution in [3.05, 3.63) is 59.9 Å². The molecule has 2 heterocycles. The van der Waals surface area contributed by atoms with Gasteiger partial charge in [0.05, 0.1) is 11.3 Å². The molecule has 0 aliphatic carbocycles. The first kappa shape index (κ1) is 18.4. The van der Waals surface area contributed by atoms with Gasteiger partial charge in [-0.1, -0.05) is 12.1 Å². The van der Waals surface area contributed by atoms with E-state index in [1.54, 1.807) is 41.9 Å². The van der Waals surface area contributed by atoms with Crippen LogP contribution in [0.4, 0.5) is 13.2 Å². The van der Waals surface area contributed by atoms with Gasteiger partial charge in [-0.25, -0.2) is 4.98 Å². The second-order valence-corrected chi connectivity index (χ2v) is 6.76. The van der Waals surface area contributed by atoms with Crippen LogP contribution in [0.3, 0.4) is 0 Å². The summed E-state index contributed by atoms with van der Waals surface area (Å²) in [7, 11) is 0. The molecule has 2 aromatic heterocycles. The first-order chi connectivity index (χ1) is 12.1. The van der Waals surface area contributed by atoms with E-state index in [2.05, 4.69) is 10.3 Å². The minimum absolute atomic E-state index is 0. The van der Waals surface area contributed by atoms with Crippen LogP contribution in [0.15, 0.2) is 48.8 Å². The van der Waals surface area contributed by atoms with Gasteiger partial charge in [0.25, 0.3) is 0 Å². The van der Waals surface area contributed by atoms with Crippen LogP contribution >= 0.6 is 0 Å². The van der Waals surface area contributed by atoms with Gasteiger partial charge in [-0.3, -0.25) is 5.32 Å². The second-order valence-electron chi connectivity index (χ2n) is 6.76. The summed E-state index contributed by atoms with van der Waals surface area (Å²) in [4.78, 5) is 4.38. The highest BCUT2D eigenvalue weighted by Gasteiger charge is 2.30. The first-order valence-corrected chi connectivity index (χ1v) is 8.23. The molecule has 0 saturated heterocycles. The fourth-order valence-corrected chi connectivity index (χ4v) is 2.92. The fraction of sp³-hybridized carbons (Fsp3) is 0.316. The lowest BCUT2D eigenvalue weighted by molar-refractivity contribution is -0.137. The van der Waals surface area contributed by atoms with E-state index in [4.69, 9.17) is 0 Å². The van der Waals surface area contributed by atoms with Crippen molar-refractivity contribution in [2.45, 2.75) is 38.7 Å². The van der Waals surface area contributed by atoms with E-state index >= 15 is 0 Å². The Morgan fingerprint density at radius 3 is 2.50 bits per heavy atom. The number of nitrogens with zero attached hydrogens (tertiary/aromatic N) is 2. The lowest BCUT2D eigenvalue weighted by Gasteiger charge is -2.27. The molecule has 0 fully saturated rings. The van der Waals surface area contributed by atoms with Crippen molar-refractivity contribution < 1.29 is 19.7 Å². The number of aliphatic hydroxyl groups is 1. The lowest BCUT2D eigenvalue weighted by atomic mass is 10.1. The summed E-state index contributed by atoms with van der Waals surface area (Å²) in [6.45, 7) is 5.50. The third kappa shape index (κ3) is 3.73. The number of halogens is 3. The minimum Gasteiger partial charge on any atom is -0.372 e. The number of hydrogen-bond acceptors (Lipinski definition) is 3. The van der Waals surface area contributed by atoms with E-state index in [1.165, 1.54) is 6.07 Å². The largest absolute Gasteiger partial charge is 0.416 e. The molecule has 1 atom stereocenters. The predicted molar refractivity (Wildman–Crippen MR) is 95.6 cm³/mol. The number of pyridine rings is 1. The maximum atomic E-state index is 12.9. The Bertz CT molecular complexity index is 935.